The molecule has 138 valence electrons. The Morgan fingerprint density at radius 3 is 2.41 bits per heavy atom. The number of carboxylic acids is 1. The highest BCUT2D eigenvalue weighted by molar-refractivity contribution is 5.89. The molecule has 0 amide bonds. The Hall–Kier alpha value is -2.92. The van der Waals surface area contributed by atoms with Crippen LogP contribution in [0.3, 0.4) is 0 Å². The number of carboxylic acid groups (broad SMARTS) is 1. The molecule has 5 heteroatoms. The number of hydrogen-bond donors (Lipinski definition) is 2. The van der Waals surface area contributed by atoms with Crippen LogP contribution in [0, 0.1) is 6.92 Å². The van der Waals surface area contributed by atoms with Crippen molar-refractivity contribution in [3.05, 3.63) is 75.2 Å². The van der Waals surface area contributed by atoms with Crippen molar-refractivity contribution >= 4 is 11.5 Å². The molecular formula is C22H21NO4. The van der Waals surface area contributed by atoms with E-state index >= 15 is 0 Å². The van der Waals surface area contributed by atoms with E-state index in [4.69, 9.17) is 0 Å². The maximum atomic E-state index is 12.6. The van der Waals surface area contributed by atoms with Crippen molar-refractivity contribution in [3.63, 3.8) is 0 Å². The Morgan fingerprint density at radius 2 is 1.85 bits per heavy atom. The molecule has 0 radical (unpaired) electrons. The van der Waals surface area contributed by atoms with Crippen LogP contribution in [0.5, 0.6) is 0 Å². The van der Waals surface area contributed by atoms with Crippen LogP contribution >= 0.6 is 0 Å². The summed E-state index contributed by atoms with van der Waals surface area (Å²) < 4.78 is 1.47. The SMILES string of the molecule is Cc1c(-c2ccc(C(C)O)cc2)ccn2c(=O)c(C(=O)O)cc(C3CC3)c12. The summed E-state index contributed by atoms with van der Waals surface area (Å²) in [5, 5.41) is 19.1. The molecule has 1 aliphatic rings. The fourth-order valence-electron chi connectivity index (χ4n) is 3.71. The second-order valence-electron chi connectivity index (χ2n) is 7.27. The summed E-state index contributed by atoms with van der Waals surface area (Å²) in [5.41, 5.74) is 4.87. The average Bonchev–Trinajstić information content (AvgIpc) is 3.47. The molecule has 0 aliphatic heterocycles. The molecule has 3 aromatic rings. The molecular weight excluding hydrogens is 342 g/mol. The number of pyridine rings is 2. The molecule has 1 aromatic carbocycles. The monoisotopic (exact) mass is 363 g/mol. The number of aliphatic hydroxyl groups is 1. The summed E-state index contributed by atoms with van der Waals surface area (Å²) >= 11 is 0. The van der Waals surface area contributed by atoms with Crippen LogP contribution in [0.1, 0.15) is 58.8 Å². The van der Waals surface area contributed by atoms with Crippen molar-refractivity contribution < 1.29 is 15.0 Å². The highest BCUT2D eigenvalue weighted by atomic mass is 16.4. The van der Waals surface area contributed by atoms with Crippen molar-refractivity contribution in [1.29, 1.82) is 0 Å². The lowest BCUT2D eigenvalue weighted by atomic mass is 9.95. The highest BCUT2D eigenvalue weighted by Crippen LogP contribution is 2.43. The predicted octanol–water partition coefficient (Wildman–Crippen LogP) is 3.90. The Bertz CT molecular complexity index is 1110. The number of fused-ring (bicyclic) bond motifs is 1. The van der Waals surface area contributed by atoms with E-state index in [1.807, 2.05) is 37.3 Å². The molecule has 0 spiro atoms. The fraction of sp³-hybridized carbons (Fsp3) is 0.273. The number of aromatic carboxylic acids is 1. The largest absolute Gasteiger partial charge is 0.477 e. The van der Waals surface area contributed by atoms with Crippen LogP contribution in [0.25, 0.3) is 16.6 Å². The molecule has 2 aromatic heterocycles. The number of aliphatic hydroxyl groups excluding tert-OH is 1. The summed E-state index contributed by atoms with van der Waals surface area (Å²) in [7, 11) is 0. The van der Waals surface area contributed by atoms with Gasteiger partial charge in [0.15, 0.2) is 0 Å². The van der Waals surface area contributed by atoms with Gasteiger partial charge in [-0.3, -0.25) is 9.20 Å². The van der Waals surface area contributed by atoms with Crippen LogP contribution in [0.4, 0.5) is 0 Å². The van der Waals surface area contributed by atoms with Crippen LogP contribution in [0.2, 0.25) is 0 Å². The van der Waals surface area contributed by atoms with Crippen LogP contribution in [-0.2, 0) is 0 Å². The molecule has 0 bridgehead atoms. The summed E-state index contributed by atoms with van der Waals surface area (Å²) in [6.45, 7) is 3.70. The minimum atomic E-state index is -1.19. The molecule has 27 heavy (non-hydrogen) atoms. The zero-order valence-electron chi connectivity index (χ0n) is 15.3. The number of hydrogen-bond acceptors (Lipinski definition) is 3. The molecule has 1 atom stereocenters. The Kier molecular flexibility index (Phi) is 4.12. The van der Waals surface area contributed by atoms with Gasteiger partial charge in [-0.1, -0.05) is 24.3 Å². The van der Waals surface area contributed by atoms with Crippen LogP contribution < -0.4 is 5.56 Å². The first-order valence-corrected chi connectivity index (χ1v) is 9.09. The van der Waals surface area contributed by atoms with E-state index in [2.05, 4.69) is 0 Å². The maximum absolute atomic E-state index is 12.6. The van der Waals surface area contributed by atoms with Crippen molar-refractivity contribution in [2.24, 2.45) is 0 Å². The minimum Gasteiger partial charge on any atom is -0.477 e. The first kappa shape index (κ1) is 17.5. The summed E-state index contributed by atoms with van der Waals surface area (Å²) in [6.07, 6.45) is 3.17. The summed E-state index contributed by atoms with van der Waals surface area (Å²) in [4.78, 5) is 24.1. The number of aryl methyl sites for hydroxylation is 1. The number of aromatic nitrogens is 1. The fourth-order valence-corrected chi connectivity index (χ4v) is 3.71. The average molecular weight is 363 g/mol. The number of benzene rings is 1. The van der Waals surface area contributed by atoms with Gasteiger partial charge in [-0.15, -0.1) is 0 Å². The van der Waals surface area contributed by atoms with Gasteiger partial charge in [-0.05, 0) is 72.6 Å². The van der Waals surface area contributed by atoms with E-state index in [1.54, 1.807) is 19.2 Å². The van der Waals surface area contributed by atoms with Gasteiger partial charge < -0.3 is 10.2 Å². The predicted molar refractivity (Wildman–Crippen MR) is 103 cm³/mol. The van der Waals surface area contributed by atoms with Crippen LogP contribution in [0.15, 0.2) is 47.4 Å². The zero-order chi connectivity index (χ0) is 19.3. The highest BCUT2D eigenvalue weighted by Gasteiger charge is 2.29. The normalized spacial score (nSPS) is 15.1. The van der Waals surface area contributed by atoms with Gasteiger partial charge in [0.25, 0.3) is 5.56 Å². The third kappa shape index (κ3) is 2.94. The second kappa shape index (κ2) is 6.35. The van der Waals surface area contributed by atoms with E-state index in [0.717, 1.165) is 46.2 Å². The number of rotatable bonds is 4. The van der Waals surface area contributed by atoms with Gasteiger partial charge in [0.1, 0.15) is 5.56 Å². The van der Waals surface area contributed by atoms with Gasteiger partial charge in [0, 0.05) is 6.20 Å². The Morgan fingerprint density at radius 1 is 1.19 bits per heavy atom. The van der Waals surface area contributed by atoms with Crippen molar-refractivity contribution in [2.45, 2.75) is 38.7 Å². The molecule has 2 N–H and O–H groups in total. The molecule has 1 fully saturated rings. The van der Waals surface area contributed by atoms with Gasteiger partial charge in [-0.25, -0.2) is 4.79 Å². The number of carbonyl (C=O) groups is 1. The second-order valence-corrected chi connectivity index (χ2v) is 7.27. The van der Waals surface area contributed by atoms with Crippen molar-refractivity contribution in [2.75, 3.05) is 0 Å². The van der Waals surface area contributed by atoms with Crippen LogP contribution in [-0.4, -0.2) is 20.6 Å². The van der Waals surface area contributed by atoms with E-state index in [0.29, 0.717) is 5.92 Å². The summed E-state index contributed by atoms with van der Waals surface area (Å²) in [6, 6.07) is 11.1. The van der Waals surface area contributed by atoms with Crippen molar-refractivity contribution in [1.82, 2.24) is 4.40 Å². The lowest BCUT2D eigenvalue weighted by Gasteiger charge is -2.16. The zero-order valence-corrected chi connectivity index (χ0v) is 15.3. The third-order valence-electron chi connectivity index (χ3n) is 5.36. The first-order valence-electron chi connectivity index (χ1n) is 9.09. The van der Waals surface area contributed by atoms with Crippen molar-refractivity contribution in [3.8, 4) is 11.1 Å². The number of nitrogens with zero attached hydrogens (tertiary/aromatic N) is 1. The van der Waals surface area contributed by atoms with Gasteiger partial charge in [0.05, 0.1) is 11.6 Å². The van der Waals surface area contributed by atoms with Gasteiger partial charge >= 0.3 is 5.97 Å². The lowest BCUT2D eigenvalue weighted by Crippen LogP contribution is -2.23. The van der Waals surface area contributed by atoms with Gasteiger partial charge in [0.2, 0.25) is 0 Å². The molecule has 4 rings (SSSR count). The molecule has 0 saturated heterocycles. The maximum Gasteiger partial charge on any atom is 0.341 e. The topological polar surface area (TPSA) is 79.0 Å². The Labute approximate surface area is 156 Å². The Balaban J connectivity index is 1.96. The minimum absolute atomic E-state index is 0.178. The van der Waals surface area contributed by atoms with E-state index < -0.39 is 17.6 Å². The quantitative estimate of drug-likeness (QED) is 0.737. The van der Waals surface area contributed by atoms with E-state index in [9.17, 15) is 19.8 Å². The van der Waals surface area contributed by atoms with E-state index in [-0.39, 0.29) is 5.56 Å². The summed E-state index contributed by atoms with van der Waals surface area (Å²) in [5.74, 6) is -0.878. The third-order valence-corrected chi connectivity index (χ3v) is 5.36. The molecule has 2 heterocycles. The smallest absolute Gasteiger partial charge is 0.341 e. The first-order chi connectivity index (χ1) is 12.9. The van der Waals surface area contributed by atoms with Gasteiger partial charge in [-0.2, -0.15) is 0 Å². The molecule has 1 aliphatic carbocycles. The molecule has 5 nitrogen and oxygen atoms in total. The van der Waals surface area contributed by atoms with E-state index in [1.165, 1.54) is 4.40 Å². The molecule has 1 unspecified atom stereocenters. The lowest BCUT2D eigenvalue weighted by molar-refractivity contribution is 0.0694. The molecule has 1 saturated carbocycles. The standard InChI is InChI=1S/C22H21NO4/c1-12-17(15-5-3-14(4-6-15)13(2)24)9-10-23-20(12)18(16-7-8-16)11-19(21(23)25)22(26)27/h3-6,9-11,13,16,24H,7-8H2,1-2H3,(H,26,27).